The predicted molar refractivity (Wildman–Crippen MR) is 92.9 cm³/mol. The number of hydrogen-bond acceptors (Lipinski definition) is 5. The normalized spacial score (nSPS) is 11.6. The Morgan fingerprint density at radius 1 is 1.21 bits per heavy atom. The largest absolute Gasteiger partial charge is 0.416 e. The van der Waals surface area contributed by atoms with Crippen molar-refractivity contribution in [2.45, 2.75) is 33.5 Å². The minimum absolute atomic E-state index is 0.0253. The van der Waals surface area contributed by atoms with Crippen molar-refractivity contribution >= 4 is 11.6 Å². The standard InChI is InChI=1S/C18H16F3N5O2/c1-9-15(11(3)27)10(2)22-16(9)14(28)8-26-24-17(23-25-26)12-5-4-6-13(7-12)18(19,20)21/h4-7,22H,8H2,1-3H3. The number of hydrogen-bond donors (Lipinski definition) is 1. The van der Waals surface area contributed by atoms with Crippen molar-refractivity contribution in [3.63, 3.8) is 0 Å². The molecule has 0 saturated heterocycles. The molecule has 3 aromatic rings. The Morgan fingerprint density at radius 3 is 2.54 bits per heavy atom. The molecule has 0 spiro atoms. The van der Waals surface area contributed by atoms with Gasteiger partial charge in [0.2, 0.25) is 11.6 Å². The number of nitrogens with zero attached hydrogens (tertiary/aromatic N) is 4. The van der Waals surface area contributed by atoms with E-state index in [0.717, 1.165) is 16.9 Å². The SMILES string of the molecule is CC(=O)c1c(C)[nH]c(C(=O)Cn2nnc(-c3cccc(C(F)(F)F)c3)n2)c1C. The first-order valence-corrected chi connectivity index (χ1v) is 8.26. The minimum atomic E-state index is -4.49. The van der Waals surface area contributed by atoms with Gasteiger partial charge in [0.1, 0.15) is 6.54 Å². The molecule has 0 aliphatic heterocycles. The van der Waals surface area contributed by atoms with Crippen LogP contribution in [0.5, 0.6) is 0 Å². The number of nitrogens with one attached hydrogen (secondary N) is 1. The van der Waals surface area contributed by atoms with Gasteiger partial charge in [0.25, 0.3) is 0 Å². The molecule has 2 heterocycles. The smallest absolute Gasteiger partial charge is 0.355 e. The van der Waals surface area contributed by atoms with Crippen molar-refractivity contribution in [1.82, 2.24) is 25.2 Å². The summed E-state index contributed by atoms with van der Waals surface area (Å²) in [4.78, 5) is 28.1. The van der Waals surface area contributed by atoms with Gasteiger partial charge < -0.3 is 4.98 Å². The van der Waals surface area contributed by atoms with Gasteiger partial charge in [-0.15, -0.1) is 10.2 Å². The second-order valence-corrected chi connectivity index (χ2v) is 6.33. The lowest BCUT2D eigenvalue weighted by Gasteiger charge is -2.06. The van der Waals surface area contributed by atoms with Crippen LogP contribution in [0, 0.1) is 13.8 Å². The molecule has 0 unspecified atom stereocenters. The monoisotopic (exact) mass is 391 g/mol. The molecular formula is C18H16F3N5O2. The van der Waals surface area contributed by atoms with Crippen molar-refractivity contribution in [3.05, 3.63) is 52.3 Å². The second kappa shape index (κ2) is 7.02. The van der Waals surface area contributed by atoms with Crippen molar-refractivity contribution in [3.8, 4) is 11.4 Å². The van der Waals surface area contributed by atoms with Gasteiger partial charge >= 0.3 is 6.18 Å². The Labute approximate surface area is 157 Å². The summed E-state index contributed by atoms with van der Waals surface area (Å²) in [5.41, 5.74) is 1.16. The van der Waals surface area contributed by atoms with E-state index in [0.29, 0.717) is 16.8 Å². The van der Waals surface area contributed by atoms with E-state index >= 15 is 0 Å². The summed E-state index contributed by atoms with van der Waals surface area (Å²) in [7, 11) is 0. The number of aromatic amines is 1. The lowest BCUT2D eigenvalue weighted by Crippen LogP contribution is -2.14. The Hall–Kier alpha value is -3.30. The van der Waals surface area contributed by atoms with Gasteiger partial charge in [0.05, 0.1) is 11.3 Å². The Kier molecular flexibility index (Phi) is 4.88. The van der Waals surface area contributed by atoms with Crippen LogP contribution in [0.2, 0.25) is 0 Å². The Balaban J connectivity index is 1.83. The number of tetrazole rings is 1. The number of Topliss-reactive ketones (excluding diaryl/α,β-unsaturated/α-hetero) is 2. The van der Waals surface area contributed by atoms with Crippen molar-refractivity contribution < 1.29 is 22.8 Å². The third kappa shape index (κ3) is 3.71. The zero-order chi connectivity index (χ0) is 20.6. The first-order chi connectivity index (χ1) is 13.1. The highest BCUT2D eigenvalue weighted by Crippen LogP contribution is 2.31. The predicted octanol–water partition coefficient (Wildman–Crippen LogP) is 3.39. The molecule has 0 atom stereocenters. The molecule has 2 aromatic heterocycles. The quantitative estimate of drug-likeness (QED) is 0.673. The summed E-state index contributed by atoms with van der Waals surface area (Å²) in [5.74, 6) is -0.556. The minimum Gasteiger partial charge on any atom is -0.355 e. The highest BCUT2D eigenvalue weighted by molar-refractivity contribution is 6.03. The van der Waals surface area contributed by atoms with Gasteiger partial charge in [-0.05, 0) is 43.7 Å². The average Bonchev–Trinajstić information content (AvgIpc) is 3.18. The van der Waals surface area contributed by atoms with Gasteiger partial charge in [-0.2, -0.15) is 18.0 Å². The van der Waals surface area contributed by atoms with Crippen LogP contribution in [0.1, 0.15) is 44.6 Å². The van der Waals surface area contributed by atoms with Crippen LogP contribution in [0.15, 0.2) is 24.3 Å². The Bertz CT molecular complexity index is 1070. The second-order valence-electron chi connectivity index (χ2n) is 6.33. The zero-order valence-corrected chi connectivity index (χ0v) is 15.3. The molecule has 0 fully saturated rings. The van der Waals surface area contributed by atoms with Crippen molar-refractivity contribution in [1.29, 1.82) is 0 Å². The maximum Gasteiger partial charge on any atom is 0.416 e. The molecule has 0 bridgehead atoms. The molecule has 0 amide bonds. The van der Waals surface area contributed by atoms with E-state index in [1.807, 2.05) is 0 Å². The molecule has 3 rings (SSSR count). The number of ketones is 2. The van der Waals surface area contributed by atoms with E-state index in [2.05, 4.69) is 20.4 Å². The Morgan fingerprint density at radius 2 is 1.93 bits per heavy atom. The highest BCUT2D eigenvalue weighted by atomic mass is 19.4. The molecule has 0 aliphatic carbocycles. The zero-order valence-electron chi connectivity index (χ0n) is 15.3. The third-order valence-corrected chi connectivity index (χ3v) is 4.25. The summed E-state index contributed by atoms with van der Waals surface area (Å²) >= 11 is 0. The van der Waals surface area contributed by atoms with Gasteiger partial charge in [0.15, 0.2) is 5.78 Å². The van der Waals surface area contributed by atoms with E-state index in [4.69, 9.17) is 0 Å². The highest BCUT2D eigenvalue weighted by Gasteiger charge is 2.30. The fraction of sp³-hybridized carbons (Fsp3) is 0.278. The lowest BCUT2D eigenvalue weighted by atomic mass is 10.1. The summed E-state index contributed by atoms with van der Waals surface area (Å²) in [6.07, 6.45) is -4.49. The van der Waals surface area contributed by atoms with Gasteiger partial charge in [0, 0.05) is 16.8 Å². The maximum atomic E-state index is 12.8. The van der Waals surface area contributed by atoms with Crippen molar-refractivity contribution in [2.24, 2.45) is 0 Å². The summed E-state index contributed by atoms with van der Waals surface area (Å²) in [6, 6.07) is 4.54. The van der Waals surface area contributed by atoms with Crippen LogP contribution in [0.3, 0.4) is 0 Å². The fourth-order valence-corrected chi connectivity index (χ4v) is 3.02. The molecule has 1 aromatic carbocycles. The molecule has 146 valence electrons. The van der Waals surface area contributed by atoms with E-state index < -0.39 is 11.7 Å². The number of H-pyrrole nitrogens is 1. The molecule has 28 heavy (non-hydrogen) atoms. The molecule has 0 aliphatic rings. The van der Waals surface area contributed by atoms with Gasteiger partial charge in [-0.1, -0.05) is 12.1 Å². The van der Waals surface area contributed by atoms with Crippen LogP contribution in [-0.2, 0) is 12.7 Å². The van der Waals surface area contributed by atoms with E-state index in [1.165, 1.54) is 19.1 Å². The van der Waals surface area contributed by atoms with E-state index in [-0.39, 0.29) is 35.2 Å². The number of carbonyl (C=O) groups excluding carboxylic acids is 2. The number of aryl methyl sites for hydroxylation is 1. The summed E-state index contributed by atoms with van der Waals surface area (Å²) < 4.78 is 38.5. The van der Waals surface area contributed by atoms with E-state index in [9.17, 15) is 22.8 Å². The first kappa shape index (κ1) is 19.5. The fourth-order valence-electron chi connectivity index (χ4n) is 3.02. The summed E-state index contributed by atoms with van der Waals surface area (Å²) in [5, 5.41) is 11.5. The van der Waals surface area contributed by atoms with E-state index in [1.54, 1.807) is 13.8 Å². The number of alkyl halides is 3. The van der Waals surface area contributed by atoms with Crippen LogP contribution in [-0.4, -0.2) is 36.8 Å². The number of halogens is 3. The first-order valence-electron chi connectivity index (χ1n) is 8.26. The molecule has 7 nitrogen and oxygen atoms in total. The third-order valence-electron chi connectivity index (χ3n) is 4.25. The molecular weight excluding hydrogens is 375 g/mol. The number of rotatable bonds is 5. The molecule has 0 radical (unpaired) electrons. The lowest BCUT2D eigenvalue weighted by molar-refractivity contribution is -0.137. The number of benzene rings is 1. The van der Waals surface area contributed by atoms with Crippen LogP contribution < -0.4 is 0 Å². The molecule has 0 saturated carbocycles. The molecule has 1 N–H and O–H groups in total. The van der Waals surface area contributed by atoms with Crippen LogP contribution in [0.25, 0.3) is 11.4 Å². The number of aromatic nitrogens is 5. The van der Waals surface area contributed by atoms with Crippen molar-refractivity contribution in [2.75, 3.05) is 0 Å². The average molecular weight is 391 g/mol. The number of carbonyl (C=O) groups is 2. The topological polar surface area (TPSA) is 93.5 Å². The molecule has 10 heteroatoms. The summed E-state index contributed by atoms with van der Waals surface area (Å²) in [6.45, 7) is 4.50. The van der Waals surface area contributed by atoms with Crippen LogP contribution in [0.4, 0.5) is 13.2 Å². The maximum absolute atomic E-state index is 12.8. The van der Waals surface area contributed by atoms with Gasteiger partial charge in [-0.3, -0.25) is 9.59 Å². The van der Waals surface area contributed by atoms with Gasteiger partial charge in [-0.25, -0.2) is 0 Å². The van der Waals surface area contributed by atoms with Crippen LogP contribution >= 0.6 is 0 Å².